The lowest BCUT2D eigenvalue weighted by molar-refractivity contribution is 0.184. The molecule has 1 aromatic rings. The molecule has 0 spiro atoms. The number of benzene rings is 1. The summed E-state index contributed by atoms with van der Waals surface area (Å²) in [5.41, 5.74) is 1.26. The zero-order chi connectivity index (χ0) is 12.7. The van der Waals surface area contributed by atoms with Crippen molar-refractivity contribution in [3.05, 3.63) is 29.8 Å². The van der Waals surface area contributed by atoms with Gasteiger partial charge < -0.3 is 14.8 Å². The Morgan fingerprint density at radius 3 is 2.29 bits per heavy atom. The van der Waals surface area contributed by atoms with Crippen LogP contribution in [0.2, 0.25) is 0 Å². The van der Waals surface area contributed by atoms with Crippen molar-refractivity contribution < 1.29 is 9.47 Å². The molecule has 0 radical (unpaired) electrons. The van der Waals surface area contributed by atoms with Crippen LogP contribution >= 0.6 is 0 Å². The molecule has 3 heteroatoms. The highest BCUT2D eigenvalue weighted by molar-refractivity contribution is 5.29. The van der Waals surface area contributed by atoms with E-state index in [1.165, 1.54) is 5.56 Å². The van der Waals surface area contributed by atoms with Crippen LogP contribution in [0.15, 0.2) is 24.3 Å². The highest BCUT2D eigenvalue weighted by Crippen LogP contribution is 2.20. The fourth-order valence-corrected chi connectivity index (χ4v) is 1.76. The normalized spacial score (nSPS) is 12.8. The van der Waals surface area contributed by atoms with Gasteiger partial charge in [-0.2, -0.15) is 0 Å². The molecule has 0 aliphatic heterocycles. The molecule has 0 aromatic heterocycles. The first-order chi connectivity index (χ1) is 8.17. The van der Waals surface area contributed by atoms with Crippen molar-refractivity contribution in [2.24, 2.45) is 0 Å². The molecule has 0 amide bonds. The third-order valence-corrected chi connectivity index (χ3v) is 2.61. The Morgan fingerprint density at radius 1 is 1.18 bits per heavy atom. The highest BCUT2D eigenvalue weighted by atomic mass is 16.5. The van der Waals surface area contributed by atoms with Gasteiger partial charge in [0, 0.05) is 19.8 Å². The molecule has 3 nitrogen and oxygen atoms in total. The Hall–Kier alpha value is -1.06. The van der Waals surface area contributed by atoms with Gasteiger partial charge in [0.1, 0.15) is 5.75 Å². The molecule has 1 unspecified atom stereocenters. The van der Waals surface area contributed by atoms with Gasteiger partial charge in [0.05, 0.1) is 6.10 Å². The van der Waals surface area contributed by atoms with E-state index >= 15 is 0 Å². The van der Waals surface area contributed by atoms with E-state index in [1.54, 1.807) is 7.11 Å². The lowest BCUT2D eigenvalue weighted by atomic mass is 10.0. The summed E-state index contributed by atoms with van der Waals surface area (Å²) in [6.45, 7) is 4.82. The number of ether oxygens (including phenoxy) is 2. The minimum absolute atomic E-state index is 0.217. The standard InChI is InChI=1S/C14H23NO2/c1-11(2)17-13-7-5-12(6-8-13)14(15-3)9-10-16-4/h5-8,11,14-15H,9-10H2,1-4H3. The zero-order valence-corrected chi connectivity index (χ0v) is 11.2. The van der Waals surface area contributed by atoms with E-state index in [9.17, 15) is 0 Å². The summed E-state index contributed by atoms with van der Waals surface area (Å²) in [5.74, 6) is 0.922. The molecule has 0 fully saturated rings. The third kappa shape index (κ3) is 4.75. The Kier molecular flexibility index (Phi) is 6.01. The van der Waals surface area contributed by atoms with Gasteiger partial charge in [-0.05, 0) is 45.0 Å². The quantitative estimate of drug-likeness (QED) is 0.791. The highest BCUT2D eigenvalue weighted by Gasteiger charge is 2.08. The molecule has 96 valence electrons. The average molecular weight is 237 g/mol. The number of hydrogen-bond acceptors (Lipinski definition) is 3. The van der Waals surface area contributed by atoms with E-state index in [0.717, 1.165) is 18.8 Å². The fourth-order valence-electron chi connectivity index (χ4n) is 1.76. The molecule has 1 N–H and O–H groups in total. The average Bonchev–Trinajstić information content (AvgIpc) is 2.31. The van der Waals surface area contributed by atoms with E-state index in [-0.39, 0.29) is 6.10 Å². The Balaban J connectivity index is 2.64. The number of rotatable bonds is 7. The molecule has 1 atom stereocenters. The first kappa shape index (κ1) is 14.0. The predicted molar refractivity (Wildman–Crippen MR) is 70.5 cm³/mol. The van der Waals surface area contributed by atoms with Crippen LogP contribution in [0, 0.1) is 0 Å². The molecular weight excluding hydrogens is 214 g/mol. The molecule has 0 saturated heterocycles. The summed E-state index contributed by atoms with van der Waals surface area (Å²) in [5, 5.41) is 3.29. The van der Waals surface area contributed by atoms with E-state index < -0.39 is 0 Å². The van der Waals surface area contributed by atoms with E-state index in [2.05, 4.69) is 17.4 Å². The molecule has 0 bridgehead atoms. The maximum Gasteiger partial charge on any atom is 0.119 e. The van der Waals surface area contributed by atoms with Crippen molar-refractivity contribution in [3.8, 4) is 5.75 Å². The predicted octanol–water partition coefficient (Wildman–Crippen LogP) is 2.77. The number of hydrogen-bond donors (Lipinski definition) is 1. The van der Waals surface area contributed by atoms with Crippen molar-refractivity contribution in [1.29, 1.82) is 0 Å². The van der Waals surface area contributed by atoms with Gasteiger partial charge in [0.2, 0.25) is 0 Å². The second-order valence-corrected chi connectivity index (χ2v) is 4.36. The molecule has 1 rings (SSSR count). The van der Waals surface area contributed by atoms with Crippen LogP contribution < -0.4 is 10.1 Å². The summed E-state index contributed by atoms with van der Waals surface area (Å²) in [6.07, 6.45) is 1.19. The maximum atomic E-state index is 5.62. The minimum Gasteiger partial charge on any atom is -0.491 e. The van der Waals surface area contributed by atoms with E-state index in [4.69, 9.17) is 9.47 Å². The largest absolute Gasteiger partial charge is 0.491 e. The first-order valence-electron chi connectivity index (χ1n) is 6.10. The van der Waals surface area contributed by atoms with Crippen LogP contribution in [0.4, 0.5) is 0 Å². The minimum atomic E-state index is 0.217. The number of methoxy groups -OCH3 is 1. The Bertz CT molecular complexity index is 309. The third-order valence-electron chi connectivity index (χ3n) is 2.61. The zero-order valence-electron chi connectivity index (χ0n) is 11.2. The van der Waals surface area contributed by atoms with Gasteiger partial charge in [-0.3, -0.25) is 0 Å². The van der Waals surface area contributed by atoms with Crippen LogP contribution in [0.25, 0.3) is 0 Å². The van der Waals surface area contributed by atoms with Crippen LogP contribution in [0.3, 0.4) is 0 Å². The van der Waals surface area contributed by atoms with E-state index in [1.807, 2.05) is 33.0 Å². The topological polar surface area (TPSA) is 30.5 Å². The molecule has 17 heavy (non-hydrogen) atoms. The molecule has 0 saturated carbocycles. The smallest absolute Gasteiger partial charge is 0.119 e. The lowest BCUT2D eigenvalue weighted by Gasteiger charge is -2.17. The Morgan fingerprint density at radius 2 is 1.82 bits per heavy atom. The van der Waals surface area contributed by atoms with Crippen molar-refractivity contribution >= 4 is 0 Å². The molecule has 1 aromatic carbocycles. The van der Waals surface area contributed by atoms with Crippen molar-refractivity contribution in [1.82, 2.24) is 5.32 Å². The molecule has 0 aliphatic rings. The maximum absolute atomic E-state index is 5.62. The molecule has 0 heterocycles. The van der Waals surface area contributed by atoms with Crippen molar-refractivity contribution in [2.75, 3.05) is 20.8 Å². The van der Waals surface area contributed by atoms with Crippen molar-refractivity contribution in [3.63, 3.8) is 0 Å². The van der Waals surface area contributed by atoms with Gasteiger partial charge in [-0.25, -0.2) is 0 Å². The van der Waals surface area contributed by atoms with Gasteiger partial charge in [0.25, 0.3) is 0 Å². The number of nitrogens with one attached hydrogen (secondary N) is 1. The monoisotopic (exact) mass is 237 g/mol. The van der Waals surface area contributed by atoms with Crippen LogP contribution in [0.1, 0.15) is 31.9 Å². The summed E-state index contributed by atoms with van der Waals surface area (Å²) in [6, 6.07) is 8.59. The van der Waals surface area contributed by atoms with Crippen LogP contribution in [-0.2, 0) is 4.74 Å². The summed E-state index contributed by atoms with van der Waals surface area (Å²) in [4.78, 5) is 0. The lowest BCUT2D eigenvalue weighted by Crippen LogP contribution is -2.18. The molecular formula is C14H23NO2. The second-order valence-electron chi connectivity index (χ2n) is 4.36. The van der Waals surface area contributed by atoms with Gasteiger partial charge >= 0.3 is 0 Å². The van der Waals surface area contributed by atoms with Gasteiger partial charge in [-0.15, -0.1) is 0 Å². The fraction of sp³-hybridized carbons (Fsp3) is 0.571. The van der Waals surface area contributed by atoms with E-state index in [0.29, 0.717) is 6.04 Å². The first-order valence-corrected chi connectivity index (χ1v) is 6.10. The van der Waals surface area contributed by atoms with Gasteiger partial charge in [-0.1, -0.05) is 12.1 Å². The summed E-state index contributed by atoms with van der Waals surface area (Å²) < 4.78 is 10.7. The van der Waals surface area contributed by atoms with Crippen molar-refractivity contribution in [2.45, 2.75) is 32.4 Å². The Labute approximate surface area is 104 Å². The van der Waals surface area contributed by atoms with Crippen LogP contribution in [0.5, 0.6) is 5.75 Å². The second kappa shape index (κ2) is 7.30. The van der Waals surface area contributed by atoms with Crippen LogP contribution in [-0.4, -0.2) is 26.9 Å². The summed E-state index contributed by atoms with van der Waals surface area (Å²) >= 11 is 0. The SMILES string of the molecule is CNC(CCOC)c1ccc(OC(C)C)cc1. The van der Waals surface area contributed by atoms with Gasteiger partial charge in [0.15, 0.2) is 0 Å². The summed E-state index contributed by atoms with van der Waals surface area (Å²) in [7, 11) is 3.70. The molecule has 0 aliphatic carbocycles.